The molecular weight excluding hydrogens is 350 g/mol. The van der Waals surface area contributed by atoms with Crippen LogP contribution in [0.4, 0.5) is 0 Å². The molecule has 0 spiro atoms. The molecule has 1 heterocycles. The van der Waals surface area contributed by atoms with Crippen LogP contribution in [-0.2, 0) is 30.2 Å². The van der Waals surface area contributed by atoms with Crippen LogP contribution in [0, 0.1) is 0 Å². The van der Waals surface area contributed by atoms with Crippen LogP contribution in [0.1, 0.15) is 49.5 Å². The van der Waals surface area contributed by atoms with E-state index in [9.17, 15) is 14.4 Å². The van der Waals surface area contributed by atoms with Crippen molar-refractivity contribution in [1.82, 2.24) is 5.32 Å². The summed E-state index contributed by atoms with van der Waals surface area (Å²) in [7, 11) is 1.28. The van der Waals surface area contributed by atoms with Gasteiger partial charge in [0.05, 0.1) is 12.7 Å². The number of benzene rings is 1. The summed E-state index contributed by atoms with van der Waals surface area (Å²) in [6, 6.07) is 5.92. The minimum Gasteiger partial charge on any atom is -0.467 e. The molecule has 1 aliphatic rings. The van der Waals surface area contributed by atoms with Crippen LogP contribution in [0.15, 0.2) is 24.3 Å². The molecule has 0 saturated carbocycles. The first-order chi connectivity index (χ1) is 12.7. The van der Waals surface area contributed by atoms with Crippen LogP contribution in [0.5, 0.6) is 0 Å². The van der Waals surface area contributed by atoms with E-state index < -0.39 is 29.7 Å². The lowest BCUT2D eigenvalue weighted by Crippen LogP contribution is -2.47. The van der Waals surface area contributed by atoms with E-state index in [4.69, 9.17) is 14.2 Å². The lowest BCUT2D eigenvalue weighted by atomic mass is 10.0. The fraction of sp³-hybridized carbons (Fsp3) is 0.550. The van der Waals surface area contributed by atoms with Gasteiger partial charge in [-0.1, -0.05) is 12.1 Å². The van der Waals surface area contributed by atoms with Crippen molar-refractivity contribution in [3.8, 4) is 0 Å². The molecule has 0 aromatic heterocycles. The van der Waals surface area contributed by atoms with E-state index in [-0.39, 0.29) is 12.3 Å². The van der Waals surface area contributed by atoms with E-state index in [0.29, 0.717) is 18.6 Å². The summed E-state index contributed by atoms with van der Waals surface area (Å²) >= 11 is 0. The standard InChI is InChI=1S/C20H27NO6/c1-20(2,3)27-18(23)14-9-7-13(8-10-14)12-15(19(24)25-4)21-17(22)16-6-5-11-26-16/h7-10,15-16H,5-6,11-12H2,1-4H3,(H,21,22)/t15-,16-/m0/s1. The molecule has 0 aliphatic carbocycles. The van der Waals surface area contributed by atoms with Gasteiger partial charge in [0.25, 0.3) is 0 Å². The molecule has 7 nitrogen and oxygen atoms in total. The van der Waals surface area contributed by atoms with Gasteiger partial charge in [0.2, 0.25) is 5.91 Å². The van der Waals surface area contributed by atoms with Crippen LogP contribution in [0.2, 0.25) is 0 Å². The molecule has 0 bridgehead atoms. The molecule has 2 atom stereocenters. The van der Waals surface area contributed by atoms with Crippen molar-refractivity contribution in [1.29, 1.82) is 0 Å². The highest BCUT2D eigenvalue weighted by molar-refractivity contribution is 5.90. The van der Waals surface area contributed by atoms with Crippen LogP contribution in [-0.4, -0.2) is 49.3 Å². The predicted molar refractivity (Wildman–Crippen MR) is 98.2 cm³/mol. The molecule has 1 fully saturated rings. The number of ether oxygens (including phenoxy) is 3. The fourth-order valence-electron chi connectivity index (χ4n) is 2.73. The third kappa shape index (κ3) is 6.36. The van der Waals surface area contributed by atoms with Crippen molar-refractivity contribution < 1.29 is 28.6 Å². The van der Waals surface area contributed by atoms with Gasteiger partial charge in [0, 0.05) is 13.0 Å². The molecule has 7 heteroatoms. The average Bonchev–Trinajstić information content (AvgIpc) is 3.14. The first-order valence-electron chi connectivity index (χ1n) is 9.01. The Bertz CT molecular complexity index is 671. The Morgan fingerprint density at radius 1 is 1.22 bits per heavy atom. The largest absolute Gasteiger partial charge is 0.467 e. The Hall–Kier alpha value is -2.41. The third-order valence-corrected chi connectivity index (χ3v) is 4.05. The SMILES string of the molecule is COC(=O)[C@H](Cc1ccc(C(=O)OC(C)(C)C)cc1)NC(=O)[C@@H]1CCCO1. The summed E-state index contributed by atoms with van der Waals surface area (Å²) in [6.07, 6.45) is 1.20. The number of carbonyl (C=O) groups excluding carboxylic acids is 3. The molecule has 1 aromatic carbocycles. The lowest BCUT2D eigenvalue weighted by Gasteiger charge is -2.20. The summed E-state index contributed by atoms with van der Waals surface area (Å²) in [5.74, 6) is -1.25. The second kappa shape index (κ2) is 8.99. The highest BCUT2D eigenvalue weighted by atomic mass is 16.6. The molecule has 1 aromatic rings. The van der Waals surface area contributed by atoms with Gasteiger partial charge in [0.15, 0.2) is 0 Å². The molecule has 2 rings (SSSR count). The second-order valence-electron chi connectivity index (χ2n) is 7.49. The van der Waals surface area contributed by atoms with Gasteiger partial charge in [-0.3, -0.25) is 4.79 Å². The summed E-state index contributed by atoms with van der Waals surface area (Å²) in [4.78, 5) is 36.4. The normalized spacial score (nSPS) is 17.9. The van der Waals surface area contributed by atoms with Crippen molar-refractivity contribution in [2.45, 2.75) is 57.8 Å². The van der Waals surface area contributed by atoms with E-state index in [0.717, 1.165) is 12.0 Å². The highest BCUT2D eigenvalue weighted by Gasteiger charge is 2.29. The zero-order valence-electron chi connectivity index (χ0n) is 16.2. The first kappa shape index (κ1) is 20.9. The number of nitrogens with one attached hydrogen (secondary N) is 1. The molecule has 27 heavy (non-hydrogen) atoms. The van der Waals surface area contributed by atoms with Gasteiger partial charge in [0.1, 0.15) is 17.7 Å². The van der Waals surface area contributed by atoms with Crippen LogP contribution in [0.25, 0.3) is 0 Å². The molecule has 1 saturated heterocycles. The number of carbonyl (C=O) groups is 3. The molecule has 0 unspecified atom stereocenters. The van der Waals surface area contributed by atoms with Crippen LogP contribution >= 0.6 is 0 Å². The van der Waals surface area contributed by atoms with Gasteiger partial charge in [-0.2, -0.15) is 0 Å². The number of hydrogen-bond acceptors (Lipinski definition) is 6. The number of methoxy groups -OCH3 is 1. The predicted octanol–water partition coefficient (Wildman–Crippen LogP) is 2.02. The van der Waals surface area contributed by atoms with Crippen LogP contribution in [0.3, 0.4) is 0 Å². The highest BCUT2D eigenvalue weighted by Crippen LogP contribution is 2.15. The zero-order valence-corrected chi connectivity index (χ0v) is 16.2. The molecule has 1 aliphatic heterocycles. The summed E-state index contributed by atoms with van der Waals surface area (Å²) < 4.78 is 15.5. The molecule has 1 amide bonds. The van der Waals surface area contributed by atoms with E-state index in [1.165, 1.54) is 7.11 Å². The molecular formula is C20H27NO6. The quantitative estimate of drug-likeness (QED) is 0.763. The van der Waals surface area contributed by atoms with Gasteiger partial charge in [-0.25, -0.2) is 9.59 Å². The summed E-state index contributed by atoms with van der Waals surface area (Å²) in [5, 5.41) is 2.70. The average molecular weight is 377 g/mol. The minimum atomic E-state index is -0.820. The molecule has 0 radical (unpaired) electrons. The fourth-order valence-corrected chi connectivity index (χ4v) is 2.73. The monoisotopic (exact) mass is 377 g/mol. The van der Waals surface area contributed by atoms with Crippen LogP contribution < -0.4 is 5.32 Å². The van der Waals surface area contributed by atoms with Crippen molar-refractivity contribution in [2.24, 2.45) is 0 Å². The van der Waals surface area contributed by atoms with E-state index in [1.807, 2.05) is 0 Å². The van der Waals surface area contributed by atoms with Crippen molar-refractivity contribution >= 4 is 17.8 Å². The van der Waals surface area contributed by atoms with Crippen molar-refractivity contribution in [3.05, 3.63) is 35.4 Å². The Labute approximate surface area is 159 Å². The van der Waals surface area contributed by atoms with E-state index in [2.05, 4.69) is 5.32 Å². The lowest BCUT2D eigenvalue weighted by molar-refractivity contribution is -0.146. The Kier molecular flexibility index (Phi) is 6.96. The van der Waals surface area contributed by atoms with Gasteiger partial charge in [-0.15, -0.1) is 0 Å². The summed E-state index contributed by atoms with van der Waals surface area (Å²) in [6.45, 7) is 5.96. The Morgan fingerprint density at radius 3 is 2.41 bits per heavy atom. The first-order valence-corrected chi connectivity index (χ1v) is 9.01. The number of rotatable bonds is 6. The summed E-state index contributed by atoms with van der Waals surface area (Å²) in [5.41, 5.74) is 0.634. The van der Waals surface area contributed by atoms with Crippen molar-refractivity contribution in [2.75, 3.05) is 13.7 Å². The zero-order chi connectivity index (χ0) is 20.0. The Morgan fingerprint density at radius 2 is 1.89 bits per heavy atom. The van der Waals surface area contributed by atoms with Gasteiger partial charge in [-0.05, 0) is 51.3 Å². The Balaban J connectivity index is 2.03. The topological polar surface area (TPSA) is 90.9 Å². The van der Waals surface area contributed by atoms with E-state index >= 15 is 0 Å². The molecule has 148 valence electrons. The number of amides is 1. The second-order valence-corrected chi connectivity index (χ2v) is 7.49. The number of esters is 2. The van der Waals surface area contributed by atoms with Gasteiger partial charge >= 0.3 is 11.9 Å². The number of hydrogen-bond donors (Lipinski definition) is 1. The van der Waals surface area contributed by atoms with Gasteiger partial charge < -0.3 is 19.5 Å². The maximum Gasteiger partial charge on any atom is 0.338 e. The minimum absolute atomic E-state index is 0.250. The third-order valence-electron chi connectivity index (χ3n) is 4.05. The molecule has 1 N–H and O–H groups in total. The van der Waals surface area contributed by atoms with E-state index in [1.54, 1.807) is 45.0 Å². The van der Waals surface area contributed by atoms with Crippen molar-refractivity contribution in [3.63, 3.8) is 0 Å². The smallest absolute Gasteiger partial charge is 0.338 e. The maximum absolute atomic E-state index is 12.2. The maximum atomic E-state index is 12.2.